The fraction of sp³-hybridized carbons (Fsp3) is 0.391. The van der Waals surface area contributed by atoms with Gasteiger partial charge < -0.3 is 9.32 Å². The number of carbonyl (C=O) groups is 1. The average Bonchev–Trinajstić information content (AvgIpc) is 3.20. The van der Waals surface area contributed by atoms with Crippen molar-refractivity contribution in [3.63, 3.8) is 0 Å². The zero-order valence-electron chi connectivity index (χ0n) is 17.7. The lowest BCUT2D eigenvalue weighted by atomic mass is 10.0. The summed E-state index contributed by atoms with van der Waals surface area (Å²) in [6, 6.07) is 9.19. The normalized spacial score (nSPS) is 16.5. The number of likely N-dealkylation sites (tertiary alicyclic amines) is 1. The third kappa shape index (κ3) is 4.71. The number of benzene rings is 1. The molecule has 1 atom stereocenters. The van der Waals surface area contributed by atoms with Crippen LogP contribution in [0.1, 0.15) is 53.9 Å². The zero-order chi connectivity index (χ0) is 22.0. The summed E-state index contributed by atoms with van der Waals surface area (Å²) in [6.45, 7) is 4.15. The molecule has 0 radical (unpaired) electrons. The van der Waals surface area contributed by atoms with E-state index in [-0.39, 0.29) is 18.5 Å². The SMILES string of the molecule is Cc1cc(C)n(CC(=O)N2CCCC[C@@H]2c2ncc(Cc3ccccc3Cl)o2)c(=O)n1. The highest BCUT2D eigenvalue weighted by molar-refractivity contribution is 6.31. The molecule has 1 aliphatic heterocycles. The van der Waals surface area contributed by atoms with Gasteiger partial charge in [0.05, 0.1) is 6.20 Å². The Bertz CT molecular complexity index is 1150. The molecule has 7 nitrogen and oxygen atoms in total. The van der Waals surface area contributed by atoms with Gasteiger partial charge >= 0.3 is 5.69 Å². The first-order valence-electron chi connectivity index (χ1n) is 10.4. The van der Waals surface area contributed by atoms with E-state index in [2.05, 4.69) is 9.97 Å². The van der Waals surface area contributed by atoms with Crippen molar-refractivity contribution in [3.8, 4) is 0 Å². The predicted octanol–water partition coefficient (Wildman–Crippen LogP) is 3.85. The van der Waals surface area contributed by atoms with Crippen molar-refractivity contribution in [1.29, 1.82) is 0 Å². The van der Waals surface area contributed by atoms with Crippen LogP contribution in [0.4, 0.5) is 0 Å². The first-order chi connectivity index (χ1) is 14.9. The van der Waals surface area contributed by atoms with E-state index in [1.54, 1.807) is 24.1 Å². The van der Waals surface area contributed by atoms with Gasteiger partial charge in [0.15, 0.2) is 0 Å². The first kappa shape index (κ1) is 21.3. The molecule has 1 aromatic carbocycles. The third-order valence-electron chi connectivity index (χ3n) is 5.64. The van der Waals surface area contributed by atoms with E-state index in [0.29, 0.717) is 35.3 Å². The molecule has 0 saturated carbocycles. The molecule has 0 aliphatic carbocycles. The van der Waals surface area contributed by atoms with Gasteiger partial charge in [-0.25, -0.2) is 9.78 Å². The lowest BCUT2D eigenvalue weighted by Crippen LogP contribution is -2.42. The van der Waals surface area contributed by atoms with E-state index in [0.717, 1.165) is 30.5 Å². The first-order valence-corrected chi connectivity index (χ1v) is 10.8. The molecule has 31 heavy (non-hydrogen) atoms. The second kappa shape index (κ2) is 9.06. The molecule has 0 N–H and O–H groups in total. The maximum Gasteiger partial charge on any atom is 0.348 e. The van der Waals surface area contributed by atoms with Crippen LogP contribution in [0.5, 0.6) is 0 Å². The van der Waals surface area contributed by atoms with E-state index < -0.39 is 5.69 Å². The number of aryl methyl sites for hydroxylation is 2. The number of halogens is 1. The summed E-state index contributed by atoms with van der Waals surface area (Å²) in [4.78, 5) is 35.6. The van der Waals surface area contributed by atoms with Crippen molar-refractivity contribution in [2.24, 2.45) is 0 Å². The molecule has 4 rings (SSSR count). The van der Waals surface area contributed by atoms with Gasteiger partial charge in [-0.3, -0.25) is 9.36 Å². The van der Waals surface area contributed by atoms with Crippen LogP contribution in [-0.2, 0) is 17.8 Å². The van der Waals surface area contributed by atoms with Crippen molar-refractivity contribution >= 4 is 17.5 Å². The van der Waals surface area contributed by atoms with Gasteiger partial charge in [-0.2, -0.15) is 4.98 Å². The summed E-state index contributed by atoms with van der Waals surface area (Å²) in [7, 11) is 0. The number of piperidine rings is 1. The molecule has 2 aromatic heterocycles. The molecule has 1 fully saturated rings. The van der Waals surface area contributed by atoms with Gasteiger partial charge in [0.25, 0.3) is 0 Å². The maximum atomic E-state index is 13.1. The van der Waals surface area contributed by atoms with Crippen LogP contribution in [0.2, 0.25) is 5.02 Å². The summed E-state index contributed by atoms with van der Waals surface area (Å²) >= 11 is 6.26. The Kier molecular flexibility index (Phi) is 6.23. The minimum Gasteiger partial charge on any atom is -0.443 e. The standard InChI is InChI=1S/C23H25ClN4O3/c1-15-11-16(2)28(23(30)26-15)14-21(29)27-10-6-5-9-20(27)22-25-13-18(31-22)12-17-7-3-4-8-19(17)24/h3-4,7-8,11,13,20H,5-6,9-10,12,14H2,1-2H3/t20-/m1/s1. The Balaban J connectivity index is 1.53. The van der Waals surface area contributed by atoms with Crippen molar-refractivity contribution in [1.82, 2.24) is 19.4 Å². The summed E-state index contributed by atoms with van der Waals surface area (Å²) in [5.74, 6) is 1.10. The molecule has 8 heteroatoms. The van der Waals surface area contributed by atoms with Crippen LogP contribution in [0.3, 0.4) is 0 Å². The third-order valence-corrected chi connectivity index (χ3v) is 6.01. The van der Waals surface area contributed by atoms with E-state index in [1.807, 2.05) is 31.2 Å². The van der Waals surface area contributed by atoms with Crippen molar-refractivity contribution in [2.75, 3.05) is 6.54 Å². The van der Waals surface area contributed by atoms with E-state index in [1.165, 1.54) is 4.57 Å². The molecular weight excluding hydrogens is 416 g/mol. The predicted molar refractivity (Wildman–Crippen MR) is 117 cm³/mol. The van der Waals surface area contributed by atoms with Gasteiger partial charge in [-0.05, 0) is 50.8 Å². The van der Waals surface area contributed by atoms with Gasteiger partial charge in [0, 0.05) is 29.4 Å². The summed E-state index contributed by atoms with van der Waals surface area (Å²) in [6.07, 6.45) is 4.92. The highest BCUT2D eigenvalue weighted by atomic mass is 35.5. The molecule has 1 amide bonds. The van der Waals surface area contributed by atoms with Crippen molar-refractivity contribution in [3.05, 3.63) is 80.6 Å². The Morgan fingerprint density at radius 3 is 2.84 bits per heavy atom. The monoisotopic (exact) mass is 440 g/mol. The van der Waals surface area contributed by atoms with Gasteiger partial charge in [0.1, 0.15) is 18.3 Å². The quantitative estimate of drug-likeness (QED) is 0.602. The van der Waals surface area contributed by atoms with Crippen LogP contribution < -0.4 is 5.69 Å². The number of amides is 1. The van der Waals surface area contributed by atoms with E-state index in [4.69, 9.17) is 16.0 Å². The van der Waals surface area contributed by atoms with Gasteiger partial charge in [-0.1, -0.05) is 29.8 Å². The van der Waals surface area contributed by atoms with Gasteiger partial charge in [-0.15, -0.1) is 0 Å². The summed E-state index contributed by atoms with van der Waals surface area (Å²) in [5.41, 5.74) is 1.92. The number of rotatable bonds is 5. The number of carbonyl (C=O) groups excluding carboxylic acids is 1. The summed E-state index contributed by atoms with van der Waals surface area (Å²) < 4.78 is 7.45. The fourth-order valence-corrected chi connectivity index (χ4v) is 4.27. The minimum atomic E-state index is -0.405. The molecule has 3 heterocycles. The molecule has 3 aromatic rings. The molecular formula is C23H25ClN4O3. The highest BCUT2D eigenvalue weighted by Crippen LogP contribution is 2.31. The molecule has 0 bridgehead atoms. The Hall–Kier alpha value is -2.93. The fourth-order valence-electron chi connectivity index (χ4n) is 4.07. The Labute approximate surface area is 185 Å². The Morgan fingerprint density at radius 2 is 2.06 bits per heavy atom. The highest BCUT2D eigenvalue weighted by Gasteiger charge is 2.31. The van der Waals surface area contributed by atoms with Crippen LogP contribution in [-0.4, -0.2) is 31.9 Å². The second-order valence-electron chi connectivity index (χ2n) is 7.94. The van der Waals surface area contributed by atoms with E-state index >= 15 is 0 Å². The summed E-state index contributed by atoms with van der Waals surface area (Å²) in [5, 5.41) is 0.683. The lowest BCUT2D eigenvalue weighted by molar-refractivity contribution is -0.136. The number of nitrogens with zero attached hydrogens (tertiary/aromatic N) is 4. The maximum absolute atomic E-state index is 13.1. The molecule has 0 spiro atoms. The van der Waals surface area contributed by atoms with Crippen molar-refractivity contribution in [2.45, 2.75) is 52.1 Å². The van der Waals surface area contributed by atoms with Crippen LogP contribution in [0, 0.1) is 13.8 Å². The molecule has 0 unspecified atom stereocenters. The lowest BCUT2D eigenvalue weighted by Gasteiger charge is -2.34. The largest absolute Gasteiger partial charge is 0.443 e. The van der Waals surface area contributed by atoms with E-state index in [9.17, 15) is 9.59 Å². The van der Waals surface area contributed by atoms with Crippen LogP contribution in [0.25, 0.3) is 0 Å². The molecule has 1 aliphatic rings. The second-order valence-corrected chi connectivity index (χ2v) is 8.35. The topological polar surface area (TPSA) is 81.2 Å². The minimum absolute atomic E-state index is 0.0400. The number of aromatic nitrogens is 3. The van der Waals surface area contributed by atoms with Crippen molar-refractivity contribution < 1.29 is 9.21 Å². The van der Waals surface area contributed by atoms with Crippen LogP contribution in [0.15, 0.2) is 45.7 Å². The Morgan fingerprint density at radius 1 is 1.26 bits per heavy atom. The number of hydrogen-bond acceptors (Lipinski definition) is 5. The molecule has 1 saturated heterocycles. The number of hydrogen-bond donors (Lipinski definition) is 0. The smallest absolute Gasteiger partial charge is 0.348 e. The van der Waals surface area contributed by atoms with Crippen LogP contribution >= 0.6 is 11.6 Å². The average molecular weight is 441 g/mol. The molecule has 162 valence electrons. The van der Waals surface area contributed by atoms with Gasteiger partial charge in [0.2, 0.25) is 11.8 Å². The number of oxazole rings is 1. The zero-order valence-corrected chi connectivity index (χ0v) is 18.4.